The Kier molecular flexibility index (Phi) is 7.36. The molecule has 12 heteroatoms. The first-order chi connectivity index (χ1) is 21.2. The third-order valence-corrected chi connectivity index (χ3v) is 10.6. The van der Waals surface area contributed by atoms with E-state index < -0.39 is 11.2 Å². The first-order valence-electron chi connectivity index (χ1n) is 14.7. The number of rotatable bonds is 5. The summed E-state index contributed by atoms with van der Waals surface area (Å²) in [5, 5.41) is 15.1. The third kappa shape index (κ3) is 4.85. The van der Waals surface area contributed by atoms with Crippen molar-refractivity contribution < 1.29 is 13.5 Å². The zero-order valence-corrected chi connectivity index (χ0v) is 26.0. The van der Waals surface area contributed by atoms with E-state index in [1.54, 1.807) is 18.2 Å². The first-order valence-corrected chi connectivity index (χ1v) is 15.9. The fourth-order valence-corrected chi connectivity index (χ4v) is 8.35. The van der Waals surface area contributed by atoms with Gasteiger partial charge < -0.3 is 25.6 Å². The van der Waals surface area contributed by atoms with E-state index in [0.29, 0.717) is 82.8 Å². The smallest absolute Gasteiger partial charge is 0.319 e. The Hall–Kier alpha value is -3.56. The number of nitrogens with zero attached hydrogens (tertiary/aromatic N) is 5. The van der Waals surface area contributed by atoms with Crippen LogP contribution in [0.15, 0.2) is 36.2 Å². The molecule has 2 aromatic heterocycles. The Morgan fingerprint density at radius 3 is 2.80 bits per heavy atom. The van der Waals surface area contributed by atoms with Gasteiger partial charge in [0, 0.05) is 64.7 Å². The molecular formula is C32H32ClF2N7OS. The van der Waals surface area contributed by atoms with Gasteiger partial charge in [-0.15, -0.1) is 11.3 Å². The maximum Gasteiger partial charge on any atom is 0.319 e. The van der Waals surface area contributed by atoms with E-state index in [0.717, 1.165) is 24.1 Å². The Balaban J connectivity index is 1.38. The van der Waals surface area contributed by atoms with Gasteiger partial charge in [0.25, 0.3) is 0 Å². The molecule has 2 bridgehead atoms. The molecule has 0 aliphatic carbocycles. The molecule has 0 unspecified atom stereocenters. The monoisotopic (exact) mass is 635 g/mol. The van der Waals surface area contributed by atoms with E-state index >= 15 is 4.39 Å². The topological polar surface area (TPSA) is 103 Å². The summed E-state index contributed by atoms with van der Waals surface area (Å²) < 4.78 is 37.8. The van der Waals surface area contributed by atoms with E-state index in [9.17, 15) is 9.65 Å². The molecule has 4 aromatic rings. The molecule has 44 heavy (non-hydrogen) atoms. The van der Waals surface area contributed by atoms with Gasteiger partial charge in [-0.25, -0.2) is 8.78 Å². The SMILES string of the molecule is CN1CC/C(=C\F)[C@](C)(COc2nc(N3C[C@H]4CC[C@@H](C3)N4)c3cc(Cl)c(-c4cccc5sc(N)c(C#N)c45)c(F)c3n2)C1. The molecule has 228 valence electrons. The number of nitrogens with two attached hydrogens (primary N) is 1. The second-order valence-corrected chi connectivity index (χ2v) is 13.9. The number of thiophene rings is 1. The first kappa shape index (κ1) is 29.2. The van der Waals surface area contributed by atoms with Crippen LogP contribution < -0.4 is 20.7 Å². The highest BCUT2D eigenvalue weighted by Gasteiger charge is 2.37. The van der Waals surface area contributed by atoms with E-state index in [2.05, 4.69) is 26.2 Å². The van der Waals surface area contributed by atoms with Gasteiger partial charge in [0.1, 0.15) is 29.0 Å². The molecule has 3 aliphatic heterocycles. The number of nitrogen functional groups attached to an aromatic ring is 1. The van der Waals surface area contributed by atoms with E-state index in [1.165, 1.54) is 11.3 Å². The summed E-state index contributed by atoms with van der Waals surface area (Å²) >= 11 is 8.15. The second kappa shape index (κ2) is 11.1. The molecule has 2 aromatic carbocycles. The van der Waals surface area contributed by atoms with Gasteiger partial charge in [-0.3, -0.25) is 0 Å². The van der Waals surface area contributed by atoms with Crippen molar-refractivity contribution in [1.29, 1.82) is 5.26 Å². The van der Waals surface area contributed by atoms with Crippen LogP contribution in [-0.2, 0) is 0 Å². The number of piperidine rings is 1. The molecule has 0 spiro atoms. The van der Waals surface area contributed by atoms with Crippen LogP contribution >= 0.6 is 22.9 Å². The van der Waals surface area contributed by atoms with Crippen molar-refractivity contribution in [1.82, 2.24) is 20.2 Å². The number of halogens is 3. The lowest BCUT2D eigenvalue weighted by atomic mass is 9.78. The van der Waals surface area contributed by atoms with Crippen LogP contribution in [-0.4, -0.2) is 66.8 Å². The van der Waals surface area contributed by atoms with Crippen molar-refractivity contribution in [3.63, 3.8) is 0 Å². The molecule has 0 radical (unpaired) electrons. The van der Waals surface area contributed by atoms with Gasteiger partial charge in [-0.2, -0.15) is 15.2 Å². The second-order valence-electron chi connectivity index (χ2n) is 12.4. The number of benzene rings is 2. The summed E-state index contributed by atoms with van der Waals surface area (Å²) in [6, 6.07) is 9.90. The fourth-order valence-electron chi connectivity index (χ4n) is 7.11. The summed E-state index contributed by atoms with van der Waals surface area (Å²) in [4.78, 5) is 13.7. The number of piperazine rings is 1. The van der Waals surface area contributed by atoms with Crippen molar-refractivity contribution in [2.24, 2.45) is 5.41 Å². The van der Waals surface area contributed by atoms with Crippen molar-refractivity contribution in [3.8, 4) is 23.2 Å². The highest BCUT2D eigenvalue weighted by molar-refractivity contribution is 7.23. The van der Waals surface area contributed by atoms with E-state index in [-0.39, 0.29) is 28.7 Å². The van der Waals surface area contributed by atoms with Crippen molar-refractivity contribution in [2.45, 2.75) is 38.3 Å². The minimum absolute atomic E-state index is 0.0221. The number of aromatic nitrogens is 2. The van der Waals surface area contributed by atoms with Gasteiger partial charge in [-0.05, 0) is 49.6 Å². The number of likely N-dealkylation sites (tertiary alicyclic amines) is 1. The Labute approximate surface area is 263 Å². The molecular weight excluding hydrogens is 604 g/mol. The third-order valence-electron chi connectivity index (χ3n) is 9.29. The lowest BCUT2D eigenvalue weighted by Crippen LogP contribution is -2.51. The lowest BCUT2D eigenvalue weighted by Gasteiger charge is -2.40. The number of nitrogens with one attached hydrogen (secondary N) is 1. The molecule has 3 aliphatic rings. The van der Waals surface area contributed by atoms with Gasteiger partial charge in [-0.1, -0.05) is 30.7 Å². The number of hydrogen-bond acceptors (Lipinski definition) is 9. The summed E-state index contributed by atoms with van der Waals surface area (Å²) in [6.07, 6.45) is 3.40. The largest absolute Gasteiger partial charge is 0.462 e. The highest BCUT2D eigenvalue weighted by Crippen LogP contribution is 2.45. The summed E-state index contributed by atoms with van der Waals surface area (Å²) in [5.41, 5.74) is 7.20. The molecule has 3 fully saturated rings. The van der Waals surface area contributed by atoms with Crippen LogP contribution in [0.1, 0.15) is 31.7 Å². The molecule has 3 N–H and O–H groups in total. The lowest BCUT2D eigenvalue weighted by molar-refractivity contribution is 0.109. The number of nitriles is 1. The highest BCUT2D eigenvalue weighted by atomic mass is 35.5. The van der Waals surface area contributed by atoms with Crippen LogP contribution in [0.3, 0.4) is 0 Å². The Bertz CT molecular complexity index is 1860. The van der Waals surface area contributed by atoms with E-state index in [4.69, 9.17) is 27.1 Å². The van der Waals surface area contributed by atoms with Crippen LogP contribution in [0.2, 0.25) is 5.02 Å². The molecule has 8 nitrogen and oxygen atoms in total. The summed E-state index contributed by atoms with van der Waals surface area (Å²) in [6.45, 7) is 4.87. The maximum absolute atomic E-state index is 16.9. The van der Waals surface area contributed by atoms with Crippen LogP contribution in [0.4, 0.5) is 19.6 Å². The average Bonchev–Trinajstić information content (AvgIpc) is 3.52. The fraction of sp³-hybridized carbons (Fsp3) is 0.406. The van der Waals surface area contributed by atoms with Crippen LogP contribution in [0.25, 0.3) is 32.1 Å². The van der Waals surface area contributed by atoms with Crippen molar-refractivity contribution in [2.75, 3.05) is 50.5 Å². The minimum Gasteiger partial charge on any atom is -0.462 e. The average molecular weight is 636 g/mol. The number of anilines is 2. The van der Waals surface area contributed by atoms with Gasteiger partial charge in [0.05, 0.1) is 16.9 Å². The molecule has 3 atom stereocenters. The van der Waals surface area contributed by atoms with Gasteiger partial charge in [0.15, 0.2) is 5.82 Å². The summed E-state index contributed by atoms with van der Waals surface area (Å²) in [7, 11) is 2.00. The van der Waals surface area contributed by atoms with Crippen LogP contribution in [0, 0.1) is 22.6 Å². The normalized spacial score (nSPS) is 24.8. The number of fused-ring (bicyclic) bond motifs is 4. The molecule has 7 rings (SSSR count). The van der Waals surface area contributed by atoms with Gasteiger partial charge >= 0.3 is 6.01 Å². The Morgan fingerprint density at radius 2 is 2.07 bits per heavy atom. The van der Waals surface area contributed by atoms with Crippen molar-refractivity contribution >= 4 is 54.7 Å². The zero-order chi connectivity index (χ0) is 30.7. The van der Waals surface area contributed by atoms with Gasteiger partial charge in [0.2, 0.25) is 0 Å². The molecule has 3 saturated heterocycles. The van der Waals surface area contributed by atoms with E-state index in [1.807, 2.05) is 20.0 Å². The van der Waals surface area contributed by atoms with Crippen LogP contribution in [0.5, 0.6) is 6.01 Å². The molecule has 0 amide bonds. The Morgan fingerprint density at radius 1 is 1.30 bits per heavy atom. The maximum atomic E-state index is 16.9. The predicted molar refractivity (Wildman–Crippen MR) is 172 cm³/mol. The predicted octanol–water partition coefficient (Wildman–Crippen LogP) is 6.27. The molecule has 5 heterocycles. The quantitative estimate of drug-likeness (QED) is 0.264. The zero-order valence-electron chi connectivity index (χ0n) is 24.5. The minimum atomic E-state index is -0.631. The molecule has 0 saturated carbocycles. The number of ether oxygens (including phenoxy) is 1. The van der Waals surface area contributed by atoms with Crippen molar-refractivity contribution in [3.05, 3.63) is 52.6 Å². The summed E-state index contributed by atoms with van der Waals surface area (Å²) in [5.74, 6) is -0.0770. The standard InChI is InChI=1S/C32H32ClF2N7OS/c1-32(15-41(2)9-8-17(32)11-34)16-43-31-39-28-21(30(40-31)42-13-18-6-7-19(14-42)38-18)10-23(33)26(27(28)35)20-4-3-5-24-25(20)22(12-36)29(37)44-24/h3-5,10-11,18-19,38H,6-9,13-16,37H2,1-2H3/b17-11+/t18-,19+,32-/m0/s1. The number of hydrogen-bond donors (Lipinski definition) is 2.